The van der Waals surface area contributed by atoms with Gasteiger partial charge in [0.2, 0.25) is 0 Å². The van der Waals surface area contributed by atoms with Gasteiger partial charge in [-0.1, -0.05) is 38.0 Å². The van der Waals surface area contributed by atoms with Crippen molar-refractivity contribution < 1.29 is 13.2 Å². The summed E-state index contributed by atoms with van der Waals surface area (Å²) in [4.78, 5) is 12.2. The van der Waals surface area contributed by atoms with E-state index in [1.54, 1.807) is 12.1 Å². The fraction of sp³-hybridized carbons (Fsp3) is 0.316. The Bertz CT molecular complexity index is 815. The molecule has 134 valence electrons. The Balaban J connectivity index is 2.05. The second-order valence-electron chi connectivity index (χ2n) is 5.91. The first-order valence-corrected chi connectivity index (χ1v) is 9.89. The third-order valence-corrected chi connectivity index (χ3v) is 5.26. The van der Waals surface area contributed by atoms with Gasteiger partial charge in [-0.25, -0.2) is 8.42 Å². The molecule has 0 radical (unpaired) electrons. The van der Waals surface area contributed by atoms with Crippen LogP contribution in [0.4, 0.5) is 5.69 Å². The lowest BCUT2D eigenvalue weighted by Gasteiger charge is -2.11. The largest absolute Gasteiger partial charge is 0.352 e. The number of para-hydroxylation sites is 1. The molecule has 0 bridgehead atoms. The summed E-state index contributed by atoms with van der Waals surface area (Å²) in [5, 5.41) is 2.84. The summed E-state index contributed by atoms with van der Waals surface area (Å²) in [5.74, 6) is -0.188. The van der Waals surface area contributed by atoms with Crippen molar-refractivity contribution in [3.63, 3.8) is 0 Å². The monoisotopic (exact) mass is 360 g/mol. The third-order valence-electron chi connectivity index (χ3n) is 3.88. The molecule has 0 saturated heterocycles. The number of anilines is 1. The van der Waals surface area contributed by atoms with E-state index in [1.807, 2.05) is 19.1 Å². The fourth-order valence-corrected chi connectivity index (χ4v) is 3.49. The number of sulfonamides is 1. The summed E-state index contributed by atoms with van der Waals surface area (Å²) < 4.78 is 27.5. The number of carbonyl (C=O) groups is 1. The molecule has 0 atom stereocenters. The number of rotatable bonds is 8. The molecular formula is C19H24N2O3S. The summed E-state index contributed by atoms with van der Waals surface area (Å²) in [5.41, 5.74) is 1.83. The Kier molecular flexibility index (Phi) is 6.58. The molecule has 2 N–H and O–H groups in total. The van der Waals surface area contributed by atoms with E-state index in [4.69, 9.17) is 0 Å². The Morgan fingerprint density at radius 1 is 1.00 bits per heavy atom. The van der Waals surface area contributed by atoms with Crippen LogP contribution in [0.1, 0.15) is 42.1 Å². The van der Waals surface area contributed by atoms with Gasteiger partial charge in [-0.2, -0.15) is 0 Å². The SMILES string of the molecule is CCCCCNC(=O)c1ccc(S(=O)(=O)Nc2ccccc2C)cc1. The average Bonchev–Trinajstić information content (AvgIpc) is 2.60. The highest BCUT2D eigenvalue weighted by Gasteiger charge is 2.16. The van der Waals surface area contributed by atoms with Gasteiger partial charge < -0.3 is 5.32 Å². The summed E-state index contributed by atoms with van der Waals surface area (Å²) in [6.45, 7) is 4.57. The van der Waals surface area contributed by atoms with Crippen molar-refractivity contribution in [1.82, 2.24) is 5.32 Å². The van der Waals surface area contributed by atoms with Gasteiger partial charge in [0.15, 0.2) is 0 Å². The molecule has 0 heterocycles. The maximum atomic E-state index is 12.5. The lowest BCUT2D eigenvalue weighted by molar-refractivity contribution is 0.0953. The molecule has 2 rings (SSSR count). The van der Waals surface area contributed by atoms with E-state index in [-0.39, 0.29) is 10.8 Å². The zero-order valence-corrected chi connectivity index (χ0v) is 15.4. The molecule has 2 aromatic carbocycles. The normalized spacial score (nSPS) is 11.1. The van der Waals surface area contributed by atoms with Crippen molar-refractivity contribution >= 4 is 21.6 Å². The van der Waals surface area contributed by atoms with Crippen LogP contribution in [-0.4, -0.2) is 20.9 Å². The van der Waals surface area contributed by atoms with Crippen LogP contribution in [0, 0.1) is 6.92 Å². The van der Waals surface area contributed by atoms with Crippen molar-refractivity contribution in [2.75, 3.05) is 11.3 Å². The van der Waals surface area contributed by atoms with E-state index in [2.05, 4.69) is 17.0 Å². The van der Waals surface area contributed by atoms with Crippen molar-refractivity contribution in [2.45, 2.75) is 38.0 Å². The molecule has 5 nitrogen and oxygen atoms in total. The Hall–Kier alpha value is -2.34. The molecule has 2 aromatic rings. The molecular weight excluding hydrogens is 336 g/mol. The van der Waals surface area contributed by atoms with Gasteiger partial charge >= 0.3 is 0 Å². The molecule has 0 aromatic heterocycles. The lowest BCUT2D eigenvalue weighted by Crippen LogP contribution is -2.24. The van der Waals surface area contributed by atoms with Gasteiger partial charge in [0.1, 0.15) is 0 Å². The predicted octanol–water partition coefficient (Wildman–Crippen LogP) is 3.72. The summed E-state index contributed by atoms with van der Waals surface area (Å²) in [6, 6.07) is 13.1. The number of amides is 1. The standard InChI is InChI=1S/C19H24N2O3S/c1-3-4-7-14-20-19(22)16-10-12-17(13-11-16)25(23,24)21-18-9-6-5-8-15(18)2/h5-6,8-13,21H,3-4,7,14H2,1-2H3,(H,20,22). The van der Waals surface area contributed by atoms with Gasteiger partial charge in [-0.05, 0) is 49.2 Å². The van der Waals surface area contributed by atoms with Gasteiger partial charge in [0.05, 0.1) is 10.6 Å². The molecule has 0 spiro atoms. The van der Waals surface area contributed by atoms with Crippen LogP contribution in [-0.2, 0) is 10.0 Å². The van der Waals surface area contributed by atoms with Crippen LogP contribution in [0.5, 0.6) is 0 Å². The predicted molar refractivity (Wildman–Crippen MR) is 100 cm³/mol. The van der Waals surface area contributed by atoms with Crippen LogP contribution in [0.25, 0.3) is 0 Å². The highest BCUT2D eigenvalue weighted by molar-refractivity contribution is 7.92. The number of aryl methyl sites for hydroxylation is 1. The van der Waals surface area contributed by atoms with Crippen LogP contribution < -0.4 is 10.0 Å². The molecule has 0 aliphatic heterocycles. The van der Waals surface area contributed by atoms with Crippen molar-refractivity contribution in [3.8, 4) is 0 Å². The fourth-order valence-electron chi connectivity index (χ4n) is 2.36. The highest BCUT2D eigenvalue weighted by Crippen LogP contribution is 2.19. The minimum Gasteiger partial charge on any atom is -0.352 e. The summed E-state index contributed by atoms with van der Waals surface area (Å²) >= 11 is 0. The average molecular weight is 360 g/mol. The first-order chi connectivity index (χ1) is 11.9. The molecule has 0 unspecified atom stereocenters. The quantitative estimate of drug-likeness (QED) is 0.705. The van der Waals surface area contributed by atoms with E-state index in [1.165, 1.54) is 24.3 Å². The third kappa shape index (κ3) is 5.32. The molecule has 25 heavy (non-hydrogen) atoms. The maximum absolute atomic E-state index is 12.5. The minimum atomic E-state index is -3.68. The topological polar surface area (TPSA) is 75.3 Å². The highest BCUT2D eigenvalue weighted by atomic mass is 32.2. The van der Waals surface area contributed by atoms with E-state index in [0.29, 0.717) is 17.8 Å². The van der Waals surface area contributed by atoms with Crippen LogP contribution in [0.3, 0.4) is 0 Å². The summed E-state index contributed by atoms with van der Waals surface area (Å²) in [7, 11) is -3.68. The zero-order valence-electron chi connectivity index (χ0n) is 14.6. The number of unbranched alkanes of at least 4 members (excludes halogenated alkanes) is 2. The maximum Gasteiger partial charge on any atom is 0.261 e. The number of benzene rings is 2. The van der Waals surface area contributed by atoms with Crippen molar-refractivity contribution in [1.29, 1.82) is 0 Å². The van der Waals surface area contributed by atoms with Gasteiger partial charge in [-0.15, -0.1) is 0 Å². The zero-order chi connectivity index (χ0) is 18.3. The van der Waals surface area contributed by atoms with Gasteiger partial charge in [-0.3, -0.25) is 9.52 Å². The number of carbonyl (C=O) groups excluding carboxylic acids is 1. The number of hydrogen-bond acceptors (Lipinski definition) is 3. The smallest absolute Gasteiger partial charge is 0.261 e. The second-order valence-corrected chi connectivity index (χ2v) is 7.59. The Labute approximate surface area is 149 Å². The van der Waals surface area contributed by atoms with E-state index in [9.17, 15) is 13.2 Å². The molecule has 0 saturated carbocycles. The minimum absolute atomic E-state index is 0.123. The molecule has 6 heteroatoms. The number of nitrogens with one attached hydrogen (secondary N) is 2. The first kappa shape index (κ1) is 19.0. The molecule has 0 aliphatic carbocycles. The van der Waals surface area contributed by atoms with Gasteiger partial charge in [0, 0.05) is 12.1 Å². The molecule has 1 amide bonds. The molecule has 0 aliphatic rings. The van der Waals surface area contributed by atoms with E-state index < -0.39 is 10.0 Å². The van der Waals surface area contributed by atoms with Crippen LogP contribution in [0.15, 0.2) is 53.4 Å². The van der Waals surface area contributed by atoms with Crippen molar-refractivity contribution in [2.24, 2.45) is 0 Å². The molecule has 0 fully saturated rings. The van der Waals surface area contributed by atoms with Gasteiger partial charge in [0.25, 0.3) is 15.9 Å². The Morgan fingerprint density at radius 2 is 1.68 bits per heavy atom. The lowest BCUT2D eigenvalue weighted by atomic mass is 10.2. The first-order valence-electron chi connectivity index (χ1n) is 8.41. The number of hydrogen-bond donors (Lipinski definition) is 2. The Morgan fingerprint density at radius 3 is 2.32 bits per heavy atom. The summed E-state index contributed by atoms with van der Waals surface area (Å²) in [6.07, 6.45) is 3.10. The van der Waals surface area contributed by atoms with Crippen molar-refractivity contribution in [3.05, 3.63) is 59.7 Å². The van der Waals surface area contributed by atoms with E-state index in [0.717, 1.165) is 24.8 Å². The van der Waals surface area contributed by atoms with E-state index >= 15 is 0 Å². The second kappa shape index (κ2) is 8.67. The van der Waals surface area contributed by atoms with Crippen LogP contribution >= 0.6 is 0 Å². The van der Waals surface area contributed by atoms with Crippen LogP contribution in [0.2, 0.25) is 0 Å².